The second kappa shape index (κ2) is 5.79. The molecule has 2 aromatic carbocycles. The van der Waals surface area contributed by atoms with Crippen LogP contribution >= 0.6 is 15.9 Å². The fraction of sp³-hybridized carbons (Fsp3) is 0.0769. The van der Waals surface area contributed by atoms with Gasteiger partial charge in [-0.1, -0.05) is 0 Å². The van der Waals surface area contributed by atoms with Crippen molar-refractivity contribution in [3.05, 3.63) is 68.4 Å². The molecule has 2 rings (SSSR count). The number of rotatable bonds is 4. The Bertz CT molecular complexity index is 601. The van der Waals surface area contributed by atoms with Crippen molar-refractivity contribution in [3.8, 4) is 5.75 Å². The summed E-state index contributed by atoms with van der Waals surface area (Å²) in [5.74, 6) is 0.000234. The van der Waals surface area contributed by atoms with Gasteiger partial charge in [-0.3, -0.25) is 10.1 Å². The molecule has 0 aliphatic carbocycles. The van der Waals surface area contributed by atoms with Gasteiger partial charge in [0.1, 0.15) is 18.2 Å². The van der Waals surface area contributed by atoms with Gasteiger partial charge in [-0.15, -0.1) is 0 Å². The number of non-ortho nitro benzene ring substituents is 1. The van der Waals surface area contributed by atoms with Crippen LogP contribution in [0.1, 0.15) is 5.56 Å². The maximum atomic E-state index is 13.0. The van der Waals surface area contributed by atoms with E-state index in [0.717, 1.165) is 5.56 Å². The number of nitro groups is 1. The van der Waals surface area contributed by atoms with Crippen molar-refractivity contribution in [3.63, 3.8) is 0 Å². The van der Waals surface area contributed by atoms with Crippen LogP contribution in [0, 0.1) is 15.9 Å². The topological polar surface area (TPSA) is 52.4 Å². The molecule has 4 nitrogen and oxygen atoms in total. The fourth-order valence-corrected chi connectivity index (χ4v) is 1.82. The first-order valence-electron chi connectivity index (χ1n) is 5.37. The van der Waals surface area contributed by atoms with E-state index in [1.807, 2.05) is 0 Å². The molecule has 0 amide bonds. The molecular weight excluding hydrogens is 317 g/mol. The molecule has 0 spiro atoms. The molecule has 0 atom stereocenters. The molecule has 0 saturated carbocycles. The van der Waals surface area contributed by atoms with Gasteiger partial charge in [-0.25, -0.2) is 4.39 Å². The largest absolute Gasteiger partial charge is 0.488 e. The highest BCUT2D eigenvalue weighted by atomic mass is 79.9. The third kappa shape index (κ3) is 3.51. The molecule has 19 heavy (non-hydrogen) atoms. The van der Waals surface area contributed by atoms with Gasteiger partial charge in [0.15, 0.2) is 0 Å². The summed E-state index contributed by atoms with van der Waals surface area (Å²) >= 11 is 3.25. The maximum absolute atomic E-state index is 13.0. The number of benzene rings is 2. The predicted octanol–water partition coefficient (Wildman–Crippen LogP) is 4.08. The monoisotopic (exact) mass is 325 g/mol. The molecule has 0 N–H and O–H groups in total. The average molecular weight is 326 g/mol. The van der Waals surface area contributed by atoms with Crippen molar-refractivity contribution in [2.45, 2.75) is 6.61 Å². The predicted molar refractivity (Wildman–Crippen MR) is 71.5 cm³/mol. The molecule has 0 aliphatic rings. The van der Waals surface area contributed by atoms with Gasteiger partial charge in [-0.05, 0) is 45.8 Å². The van der Waals surface area contributed by atoms with Crippen LogP contribution in [0.2, 0.25) is 0 Å². The van der Waals surface area contributed by atoms with Crippen LogP contribution in [-0.2, 0) is 6.61 Å². The fourth-order valence-electron chi connectivity index (χ4n) is 1.46. The number of nitro benzene ring substituents is 1. The van der Waals surface area contributed by atoms with Gasteiger partial charge in [0.25, 0.3) is 5.69 Å². The molecule has 0 bridgehead atoms. The molecule has 0 aliphatic heterocycles. The number of hydrogen-bond acceptors (Lipinski definition) is 3. The summed E-state index contributed by atoms with van der Waals surface area (Å²) < 4.78 is 19.1. The first-order valence-corrected chi connectivity index (χ1v) is 6.17. The van der Waals surface area contributed by atoms with E-state index < -0.39 is 4.92 Å². The van der Waals surface area contributed by atoms with Crippen LogP contribution in [0.4, 0.5) is 10.1 Å². The third-order valence-corrected chi connectivity index (χ3v) is 3.09. The first-order chi connectivity index (χ1) is 9.06. The van der Waals surface area contributed by atoms with E-state index >= 15 is 0 Å². The summed E-state index contributed by atoms with van der Waals surface area (Å²) in [5, 5.41) is 10.5. The lowest BCUT2D eigenvalue weighted by Crippen LogP contribution is -1.97. The first kappa shape index (κ1) is 13.5. The van der Waals surface area contributed by atoms with Crippen molar-refractivity contribution >= 4 is 21.6 Å². The highest BCUT2D eigenvalue weighted by Crippen LogP contribution is 2.26. The van der Waals surface area contributed by atoms with Gasteiger partial charge in [0, 0.05) is 18.2 Å². The third-order valence-electron chi connectivity index (χ3n) is 2.43. The number of halogens is 2. The van der Waals surface area contributed by atoms with Crippen molar-refractivity contribution in [1.29, 1.82) is 0 Å². The lowest BCUT2D eigenvalue weighted by molar-refractivity contribution is -0.384. The minimum atomic E-state index is -0.464. The average Bonchev–Trinajstić information content (AvgIpc) is 2.40. The number of ether oxygens (including phenoxy) is 1. The lowest BCUT2D eigenvalue weighted by Gasteiger charge is -2.08. The summed E-state index contributed by atoms with van der Waals surface area (Å²) in [6, 6.07) is 10.2. The van der Waals surface area contributed by atoms with E-state index in [9.17, 15) is 14.5 Å². The van der Waals surface area contributed by atoms with Crippen LogP contribution in [0.15, 0.2) is 46.9 Å². The van der Waals surface area contributed by atoms with Gasteiger partial charge in [0.05, 0.1) is 9.40 Å². The van der Waals surface area contributed by atoms with Crippen molar-refractivity contribution in [2.24, 2.45) is 0 Å². The number of hydrogen-bond donors (Lipinski definition) is 0. The smallest absolute Gasteiger partial charge is 0.269 e. The molecule has 2 aromatic rings. The Balaban J connectivity index is 2.06. The van der Waals surface area contributed by atoms with Gasteiger partial charge >= 0.3 is 0 Å². The van der Waals surface area contributed by atoms with Crippen LogP contribution in [0.25, 0.3) is 0 Å². The maximum Gasteiger partial charge on any atom is 0.269 e. The SMILES string of the molecule is O=[N+]([O-])c1ccc(COc2cc(F)ccc2Br)cc1. The number of nitrogens with zero attached hydrogens (tertiary/aromatic N) is 1. The Morgan fingerprint density at radius 3 is 2.53 bits per heavy atom. The van der Waals surface area contributed by atoms with Crippen LogP contribution < -0.4 is 4.74 Å². The molecule has 98 valence electrons. The molecule has 0 saturated heterocycles. The highest BCUT2D eigenvalue weighted by molar-refractivity contribution is 9.10. The van der Waals surface area contributed by atoms with Crippen LogP contribution in [0.3, 0.4) is 0 Å². The molecule has 0 aromatic heterocycles. The molecule has 0 radical (unpaired) electrons. The lowest BCUT2D eigenvalue weighted by atomic mass is 10.2. The highest BCUT2D eigenvalue weighted by Gasteiger charge is 2.06. The Labute approximate surface area is 117 Å². The molecular formula is C13H9BrFNO3. The van der Waals surface area contributed by atoms with E-state index in [-0.39, 0.29) is 18.1 Å². The van der Waals surface area contributed by atoms with Gasteiger partial charge in [0.2, 0.25) is 0 Å². The Hall–Kier alpha value is -1.95. The summed E-state index contributed by atoms with van der Waals surface area (Å²) in [5.41, 5.74) is 0.789. The molecule has 0 unspecified atom stereocenters. The summed E-state index contributed by atoms with van der Waals surface area (Å²) in [7, 11) is 0. The van der Waals surface area contributed by atoms with E-state index in [2.05, 4.69) is 15.9 Å². The Morgan fingerprint density at radius 2 is 1.89 bits per heavy atom. The van der Waals surface area contributed by atoms with Crippen LogP contribution in [-0.4, -0.2) is 4.92 Å². The quantitative estimate of drug-likeness (QED) is 0.628. The molecule has 0 heterocycles. The zero-order valence-electron chi connectivity index (χ0n) is 9.68. The standard InChI is InChI=1S/C13H9BrFNO3/c14-12-6-3-10(15)7-13(12)19-8-9-1-4-11(5-2-9)16(17)18/h1-7H,8H2. The van der Waals surface area contributed by atoms with Crippen molar-refractivity contribution < 1.29 is 14.1 Å². The van der Waals surface area contributed by atoms with E-state index in [1.165, 1.54) is 24.3 Å². The minimum Gasteiger partial charge on any atom is -0.488 e. The Kier molecular flexibility index (Phi) is 4.11. The van der Waals surface area contributed by atoms with Crippen molar-refractivity contribution in [2.75, 3.05) is 0 Å². The second-order valence-corrected chi connectivity index (χ2v) is 4.64. The van der Waals surface area contributed by atoms with E-state index in [4.69, 9.17) is 4.74 Å². The second-order valence-electron chi connectivity index (χ2n) is 3.79. The van der Waals surface area contributed by atoms with E-state index in [1.54, 1.807) is 18.2 Å². The normalized spacial score (nSPS) is 10.2. The van der Waals surface area contributed by atoms with E-state index in [0.29, 0.717) is 10.2 Å². The molecule has 0 fully saturated rings. The zero-order chi connectivity index (χ0) is 13.8. The summed E-state index contributed by atoms with van der Waals surface area (Å²) in [6.45, 7) is 0.208. The van der Waals surface area contributed by atoms with Gasteiger partial charge < -0.3 is 4.74 Å². The van der Waals surface area contributed by atoms with Crippen LogP contribution in [0.5, 0.6) is 5.75 Å². The molecule has 6 heteroatoms. The zero-order valence-corrected chi connectivity index (χ0v) is 11.3. The minimum absolute atomic E-state index is 0.0238. The van der Waals surface area contributed by atoms with Gasteiger partial charge in [-0.2, -0.15) is 0 Å². The van der Waals surface area contributed by atoms with Crippen molar-refractivity contribution in [1.82, 2.24) is 0 Å². The summed E-state index contributed by atoms with van der Waals surface area (Å²) in [6.07, 6.45) is 0. The Morgan fingerprint density at radius 1 is 1.21 bits per heavy atom. The summed E-state index contributed by atoms with van der Waals surface area (Å²) in [4.78, 5) is 10.0.